The molecule has 0 unspecified atom stereocenters. The lowest BCUT2D eigenvalue weighted by atomic mass is 10.2. The molecule has 0 aliphatic heterocycles. The molecule has 0 saturated heterocycles. The van der Waals surface area contributed by atoms with Gasteiger partial charge >= 0.3 is 6.18 Å². The van der Waals surface area contributed by atoms with Gasteiger partial charge in [-0.1, -0.05) is 13.8 Å². The summed E-state index contributed by atoms with van der Waals surface area (Å²) >= 11 is 0. The number of hydrogen-bond donors (Lipinski definition) is 1. The minimum atomic E-state index is -4.26. The number of nitrogen functional groups attached to an aromatic ring is 1. The number of anilines is 2. The smallest absolute Gasteiger partial charge is 0.405 e. The van der Waals surface area contributed by atoms with Gasteiger partial charge in [0.2, 0.25) is 5.88 Å². The average molecular weight is 303 g/mol. The lowest BCUT2D eigenvalue weighted by Crippen LogP contribution is -2.36. The van der Waals surface area contributed by atoms with Crippen LogP contribution in [-0.4, -0.2) is 30.4 Å². The number of aromatic nitrogens is 1. The second kappa shape index (κ2) is 5.99. The predicted octanol–water partition coefficient (Wildman–Crippen LogP) is 3.23. The van der Waals surface area contributed by atoms with E-state index in [0.717, 1.165) is 12.8 Å². The van der Waals surface area contributed by atoms with Crippen molar-refractivity contribution in [3.63, 3.8) is 0 Å². The van der Waals surface area contributed by atoms with Gasteiger partial charge in [0.25, 0.3) is 0 Å². The lowest BCUT2D eigenvalue weighted by Gasteiger charge is -2.25. The highest BCUT2D eigenvalue weighted by atomic mass is 19.4. The monoisotopic (exact) mass is 303 g/mol. The molecule has 21 heavy (non-hydrogen) atoms. The molecule has 0 atom stereocenters. The van der Waals surface area contributed by atoms with Gasteiger partial charge in [-0.2, -0.15) is 18.2 Å². The molecule has 0 bridgehead atoms. The SMILES string of the molecule is CC(C)COc1nc(N(CC(F)(F)F)C2CC2)ccc1N. The number of pyridine rings is 1. The van der Waals surface area contributed by atoms with E-state index >= 15 is 0 Å². The van der Waals surface area contributed by atoms with E-state index in [0.29, 0.717) is 12.3 Å². The summed E-state index contributed by atoms with van der Waals surface area (Å²) in [6.45, 7) is 3.36. The van der Waals surface area contributed by atoms with Gasteiger partial charge in [0.05, 0.1) is 12.3 Å². The van der Waals surface area contributed by atoms with Crippen LogP contribution < -0.4 is 15.4 Å². The highest BCUT2D eigenvalue weighted by Crippen LogP contribution is 2.35. The Labute approximate surface area is 122 Å². The van der Waals surface area contributed by atoms with Crippen LogP contribution in [0.25, 0.3) is 0 Å². The summed E-state index contributed by atoms with van der Waals surface area (Å²) in [6, 6.07) is 2.96. The molecule has 118 valence electrons. The standard InChI is InChI=1S/C14H20F3N3O/c1-9(2)7-21-13-11(18)5-6-12(19-13)20(10-3-4-10)8-14(15,16)17/h5-6,9-10H,3-4,7-8,18H2,1-2H3. The van der Waals surface area contributed by atoms with Crippen LogP contribution in [0.5, 0.6) is 5.88 Å². The van der Waals surface area contributed by atoms with Crippen LogP contribution in [0, 0.1) is 5.92 Å². The highest BCUT2D eigenvalue weighted by molar-refractivity contribution is 5.55. The Hall–Kier alpha value is -1.66. The van der Waals surface area contributed by atoms with Crippen molar-refractivity contribution in [2.75, 3.05) is 23.8 Å². The summed E-state index contributed by atoms with van der Waals surface area (Å²) in [5, 5.41) is 0. The Morgan fingerprint density at radius 3 is 2.57 bits per heavy atom. The van der Waals surface area contributed by atoms with Crippen molar-refractivity contribution in [3.8, 4) is 5.88 Å². The average Bonchev–Trinajstić information content (AvgIpc) is 3.18. The third-order valence-corrected chi connectivity index (χ3v) is 3.06. The summed E-state index contributed by atoms with van der Waals surface area (Å²) in [5.74, 6) is 0.751. The van der Waals surface area contributed by atoms with Gasteiger partial charge in [-0.05, 0) is 30.9 Å². The summed E-state index contributed by atoms with van der Waals surface area (Å²) in [6.07, 6.45) is -2.75. The first kappa shape index (κ1) is 15.7. The maximum atomic E-state index is 12.7. The fourth-order valence-corrected chi connectivity index (χ4v) is 1.94. The van der Waals surface area contributed by atoms with Crippen LogP contribution >= 0.6 is 0 Å². The first-order valence-electron chi connectivity index (χ1n) is 6.99. The van der Waals surface area contributed by atoms with Crippen molar-refractivity contribution in [3.05, 3.63) is 12.1 Å². The molecule has 4 nitrogen and oxygen atoms in total. The molecule has 2 rings (SSSR count). The van der Waals surface area contributed by atoms with Crippen molar-refractivity contribution in [2.24, 2.45) is 5.92 Å². The van der Waals surface area contributed by atoms with E-state index in [1.54, 1.807) is 6.07 Å². The van der Waals surface area contributed by atoms with Crippen LogP contribution in [0.15, 0.2) is 12.1 Å². The summed E-state index contributed by atoms with van der Waals surface area (Å²) in [4.78, 5) is 5.45. The number of halogens is 3. The summed E-state index contributed by atoms with van der Waals surface area (Å²) < 4.78 is 43.5. The number of rotatable bonds is 6. The van der Waals surface area contributed by atoms with Gasteiger partial charge in [-0.3, -0.25) is 0 Å². The van der Waals surface area contributed by atoms with Crippen molar-refractivity contribution in [2.45, 2.75) is 38.9 Å². The molecule has 0 spiro atoms. The zero-order valence-electron chi connectivity index (χ0n) is 12.2. The van der Waals surface area contributed by atoms with Gasteiger partial charge in [-0.15, -0.1) is 0 Å². The first-order valence-corrected chi connectivity index (χ1v) is 6.99. The van der Waals surface area contributed by atoms with Crippen molar-refractivity contribution in [1.29, 1.82) is 0 Å². The minimum absolute atomic E-state index is 0.0966. The molecule has 1 aliphatic carbocycles. The minimum Gasteiger partial charge on any atom is -0.476 e. The van der Waals surface area contributed by atoms with E-state index in [9.17, 15) is 13.2 Å². The molecule has 2 N–H and O–H groups in total. The topological polar surface area (TPSA) is 51.4 Å². The van der Waals surface area contributed by atoms with Gasteiger partial charge in [-0.25, -0.2) is 0 Å². The molecule has 1 aliphatic rings. The molecular formula is C14H20F3N3O. The maximum Gasteiger partial charge on any atom is 0.405 e. The molecule has 1 aromatic heterocycles. The fourth-order valence-electron chi connectivity index (χ4n) is 1.94. The fraction of sp³-hybridized carbons (Fsp3) is 0.643. The molecule has 0 amide bonds. The van der Waals surface area contributed by atoms with Crippen LogP contribution in [0.3, 0.4) is 0 Å². The predicted molar refractivity (Wildman–Crippen MR) is 75.4 cm³/mol. The number of ether oxygens (including phenoxy) is 1. The van der Waals surface area contributed by atoms with Crippen LogP contribution in [0.2, 0.25) is 0 Å². The Kier molecular flexibility index (Phi) is 4.49. The number of hydrogen-bond acceptors (Lipinski definition) is 4. The largest absolute Gasteiger partial charge is 0.476 e. The third-order valence-electron chi connectivity index (χ3n) is 3.06. The van der Waals surface area contributed by atoms with E-state index in [4.69, 9.17) is 10.5 Å². The molecule has 7 heteroatoms. The van der Waals surface area contributed by atoms with Crippen molar-refractivity contribution in [1.82, 2.24) is 4.98 Å². The third kappa shape index (κ3) is 4.68. The quantitative estimate of drug-likeness (QED) is 0.876. The van der Waals surface area contributed by atoms with Crippen LogP contribution in [-0.2, 0) is 0 Å². The van der Waals surface area contributed by atoms with E-state index in [2.05, 4.69) is 4.98 Å². The Morgan fingerprint density at radius 2 is 2.05 bits per heavy atom. The Balaban J connectivity index is 2.18. The van der Waals surface area contributed by atoms with Gasteiger partial charge in [0.15, 0.2) is 0 Å². The first-order chi connectivity index (χ1) is 9.76. The Morgan fingerprint density at radius 1 is 1.38 bits per heavy atom. The molecular weight excluding hydrogens is 283 g/mol. The maximum absolute atomic E-state index is 12.7. The number of nitrogens with zero attached hydrogens (tertiary/aromatic N) is 2. The second-order valence-electron chi connectivity index (χ2n) is 5.74. The molecule has 1 fully saturated rings. The molecule has 1 aromatic rings. The number of nitrogens with two attached hydrogens (primary N) is 1. The van der Waals surface area contributed by atoms with E-state index < -0.39 is 12.7 Å². The van der Waals surface area contributed by atoms with Crippen molar-refractivity contribution < 1.29 is 17.9 Å². The van der Waals surface area contributed by atoms with Crippen molar-refractivity contribution >= 4 is 11.5 Å². The molecule has 1 heterocycles. The summed E-state index contributed by atoms with van der Waals surface area (Å²) in [5.41, 5.74) is 6.10. The number of alkyl halides is 3. The van der Waals surface area contributed by atoms with E-state index in [1.807, 2.05) is 13.8 Å². The normalized spacial score (nSPS) is 15.3. The van der Waals surface area contributed by atoms with Gasteiger partial charge in [0, 0.05) is 6.04 Å². The zero-order chi connectivity index (χ0) is 15.6. The highest BCUT2D eigenvalue weighted by Gasteiger charge is 2.39. The van der Waals surface area contributed by atoms with Gasteiger partial charge < -0.3 is 15.4 Å². The van der Waals surface area contributed by atoms with Crippen LogP contribution in [0.1, 0.15) is 26.7 Å². The van der Waals surface area contributed by atoms with Crippen LogP contribution in [0.4, 0.5) is 24.7 Å². The Bertz CT molecular complexity index is 487. The zero-order valence-corrected chi connectivity index (χ0v) is 12.2. The molecule has 0 aromatic carbocycles. The molecule has 0 radical (unpaired) electrons. The van der Waals surface area contributed by atoms with E-state index in [-0.39, 0.29) is 23.7 Å². The van der Waals surface area contributed by atoms with E-state index in [1.165, 1.54) is 11.0 Å². The summed E-state index contributed by atoms with van der Waals surface area (Å²) in [7, 11) is 0. The van der Waals surface area contributed by atoms with Gasteiger partial charge in [0.1, 0.15) is 12.4 Å². The lowest BCUT2D eigenvalue weighted by molar-refractivity contribution is -0.120. The second-order valence-corrected chi connectivity index (χ2v) is 5.74. The molecule has 1 saturated carbocycles.